The maximum Gasteiger partial charge on any atom is 0.179 e. The summed E-state index contributed by atoms with van der Waals surface area (Å²) in [5.74, 6) is 0.0299. The smallest absolute Gasteiger partial charge is 0.179 e. The Balaban J connectivity index is 2.71. The van der Waals surface area contributed by atoms with Crippen LogP contribution in [-0.4, -0.2) is 25.5 Å². The fourth-order valence-electron chi connectivity index (χ4n) is 1.80. The Labute approximate surface area is 103 Å². The van der Waals surface area contributed by atoms with Crippen molar-refractivity contribution < 1.29 is 9.53 Å². The van der Waals surface area contributed by atoms with Crippen molar-refractivity contribution in [2.45, 2.75) is 32.7 Å². The minimum atomic E-state index is -0.425. The second-order valence-electron chi connectivity index (χ2n) is 4.35. The summed E-state index contributed by atoms with van der Waals surface area (Å²) in [5, 5.41) is 0. The number of benzene rings is 1. The van der Waals surface area contributed by atoms with Crippen molar-refractivity contribution in [3.8, 4) is 0 Å². The number of methoxy groups -OCH3 is 1. The molecular weight excluding hydrogens is 214 g/mol. The highest BCUT2D eigenvalue weighted by Gasteiger charge is 2.17. The van der Waals surface area contributed by atoms with Gasteiger partial charge in [0.2, 0.25) is 0 Å². The topological polar surface area (TPSA) is 52.3 Å². The van der Waals surface area contributed by atoms with Gasteiger partial charge < -0.3 is 10.5 Å². The zero-order chi connectivity index (χ0) is 12.8. The van der Waals surface area contributed by atoms with Crippen molar-refractivity contribution in [3.05, 3.63) is 34.9 Å². The summed E-state index contributed by atoms with van der Waals surface area (Å²) in [6.45, 7) is 4.61. The van der Waals surface area contributed by atoms with E-state index < -0.39 is 6.04 Å². The SMILES string of the molecule is COCCCC(N)C(=O)c1cccc(C)c1C. The van der Waals surface area contributed by atoms with E-state index in [0.29, 0.717) is 13.0 Å². The quantitative estimate of drug-likeness (QED) is 0.607. The molecule has 3 nitrogen and oxygen atoms in total. The third-order valence-corrected chi connectivity index (χ3v) is 3.07. The minimum Gasteiger partial charge on any atom is -0.385 e. The van der Waals surface area contributed by atoms with Crippen molar-refractivity contribution >= 4 is 5.78 Å². The van der Waals surface area contributed by atoms with E-state index in [1.807, 2.05) is 32.0 Å². The van der Waals surface area contributed by atoms with Gasteiger partial charge in [0.25, 0.3) is 0 Å². The number of carbonyl (C=O) groups excluding carboxylic acids is 1. The first-order valence-corrected chi connectivity index (χ1v) is 5.93. The van der Waals surface area contributed by atoms with Crippen molar-refractivity contribution in [1.29, 1.82) is 0 Å². The van der Waals surface area contributed by atoms with Gasteiger partial charge in [0, 0.05) is 19.3 Å². The van der Waals surface area contributed by atoms with Crippen molar-refractivity contribution in [2.24, 2.45) is 5.73 Å². The molecule has 1 rings (SSSR count). The predicted octanol–water partition coefficient (Wildman–Crippen LogP) is 2.24. The number of hydrogen-bond acceptors (Lipinski definition) is 3. The van der Waals surface area contributed by atoms with Gasteiger partial charge in [0.15, 0.2) is 5.78 Å². The summed E-state index contributed by atoms with van der Waals surface area (Å²) >= 11 is 0. The molecule has 17 heavy (non-hydrogen) atoms. The van der Waals surface area contributed by atoms with Crippen LogP contribution in [0.4, 0.5) is 0 Å². The number of Topliss-reactive ketones (excluding diaryl/α,β-unsaturated/α-hetero) is 1. The summed E-state index contributed by atoms with van der Waals surface area (Å²) in [6.07, 6.45) is 1.48. The van der Waals surface area contributed by atoms with Gasteiger partial charge in [-0.1, -0.05) is 18.2 Å². The molecule has 0 saturated heterocycles. The van der Waals surface area contributed by atoms with Crippen molar-refractivity contribution in [3.63, 3.8) is 0 Å². The lowest BCUT2D eigenvalue weighted by atomic mass is 9.95. The molecule has 0 bridgehead atoms. The zero-order valence-electron chi connectivity index (χ0n) is 10.8. The maximum absolute atomic E-state index is 12.1. The first kappa shape index (κ1) is 13.9. The van der Waals surface area contributed by atoms with Crippen LogP contribution in [0.1, 0.15) is 34.3 Å². The highest BCUT2D eigenvalue weighted by Crippen LogP contribution is 2.15. The van der Waals surface area contributed by atoms with Crippen LogP contribution in [0.2, 0.25) is 0 Å². The standard InChI is InChI=1S/C14H21NO2/c1-10-6-4-7-12(11(10)2)14(16)13(15)8-5-9-17-3/h4,6-7,13H,5,8-9,15H2,1-3H3. The molecule has 1 atom stereocenters. The van der Waals surface area contributed by atoms with Gasteiger partial charge in [-0.2, -0.15) is 0 Å². The van der Waals surface area contributed by atoms with Crippen molar-refractivity contribution in [1.82, 2.24) is 0 Å². The molecule has 0 fully saturated rings. The fraction of sp³-hybridized carbons (Fsp3) is 0.500. The van der Waals surface area contributed by atoms with E-state index in [2.05, 4.69) is 0 Å². The lowest BCUT2D eigenvalue weighted by molar-refractivity contribution is 0.0949. The summed E-state index contributed by atoms with van der Waals surface area (Å²) < 4.78 is 4.95. The van der Waals surface area contributed by atoms with E-state index in [-0.39, 0.29) is 5.78 Å². The Hall–Kier alpha value is -1.19. The summed E-state index contributed by atoms with van der Waals surface area (Å²) in [7, 11) is 1.65. The number of ketones is 1. The Morgan fingerprint density at radius 1 is 1.41 bits per heavy atom. The number of hydrogen-bond donors (Lipinski definition) is 1. The Morgan fingerprint density at radius 3 is 2.76 bits per heavy atom. The number of aryl methyl sites for hydroxylation is 1. The Morgan fingerprint density at radius 2 is 2.12 bits per heavy atom. The molecule has 0 aromatic heterocycles. The van der Waals surface area contributed by atoms with E-state index in [1.165, 1.54) is 0 Å². The van der Waals surface area contributed by atoms with Gasteiger partial charge in [0.1, 0.15) is 0 Å². The lowest BCUT2D eigenvalue weighted by Crippen LogP contribution is -2.31. The largest absolute Gasteiger partial charge is 0.385 e. The molecule has 0 spiro atoms. The zero-order valence-corrected chi connectivity index (χ0v) is 10.8. The molecule has 0 aliphatic rings. The van der Waals surface area contributed by atoms with Crippen LogP contribution in [0.15, 0.2) is 18.2 Å². The molecule has 2 N–H and O–H groups in total. The van der Waals surface area contributed by atoms with Crippen LogP contribution >= 0.6 is 0 Å². The van der Waals surface area contributed by atoms with Crippen LogP contribution in [0.3, 0.4) is 0 Å². The second-order valence-corrected chi connectivity index (χ2v) is 4.35. The van der Waals surface area contributed by atoms with Crippen LogP contribution in [-0.2, 0) is 4.74 Å². The molecule has 0 heterocycles. The Kier molecular flexibility index (Phi) is 5.32. The predicted molar refractivity (Wildman–Crippen MR) is 69.3 cm³/mol. The molecule has 1 aromatic carbocycles. The van der Waals surface area contributed by atoms with Gasteiger partial charge in [-0.3, -0.25) is 4.79 Å². The monoisotopic (exact) mass is 235 g/mol. The first-order valence-electron chi connectivity index (χ1n) is 5.93. The number of rotatable bonds is 6. The molecule has 0 aliphatic carbocycles. The van der Waals surface area contributed by atoms with Gasteiger partial charge in [-0.15, -0.1) is 0 Å². The molecule has 3 heteroatoms. The molecule has 94 valence electrons. The molecule has 0 amide bonds. The van der Waals surface area contributed by atoms with E-state index in [1.54, 1.807) is 7.11 Å². The summed E-state index contributed by atoms with van der Waals surface area (Å²) in [6, 6.07) is 5.33. The number of carbonyl (C=O) groups is 1. The third kappa shape index (κ3) is 3.65. The molecular formula is C14H21NO2. The normalized spacial score (nSPS) is 12.5. The number of ether oxygens (including phenoxy) is 1. The van der Waals surface area contributed by atoms with Crippen LogP contribution in [0, 0.1) is 13.8 Å². The second kappa shape index (κ2) is 6.52. The Bertz CT molecular complexity index is 388. The molecule has 0 aliphatic heterocycles. The van der Waals surface area contributed by atoms with E-state index in [0.717, 1.165) is 23.1 Å². The first-order chi connectivity index (χ1) is 8.07. The van der Waals surface area contributed by atoms with E-state index >= 15 is 0 Å². The summed E-state index contributed by atoms with van der Waals surface area (Å²) in [4.78, 5) is 12.1. The van der Waals surface area contributed by atoms with Crippen LogP contribution in [0.5, 0.6) is 0 Å². The molecule has 0 saturated carbocycles. The fourth-order valence-corrected chi connectivity index (χ4v) is 1.80. The highest BCUT2D eigenvalue weighted by molar-refractivity contribution is 6.01. The van der Waals surface area contributed by atoms with Crippen LogP contribution < -0.4 is 5.73 Å². The van der Waals surface area contributed by atoms with E-state index in [9.17, 15) is 4.79 Å². The van der Waals surface area contributed by atoms with Crippen molar-refractivity contribution in [2.75, 3.05) is 13.7 Å². The highest BCUT2D eigenvalue weighted by atomic mass is 16.5. The molecule has 1 aromatic rings. The van der Waals surface area contributed by atoms with E-state index in [4.69, 9.17) is 10.5 Å². The van der Waals surface area contributed by atoms with Gasteiger partial charge in [-0.05, 0) is 37.8 Å². The number of nitrogens with two attached hydrogens (primary N) is 1. The average molecular weight is 235 g/mol. The van der Waals surface area contributed by atoms with Crippen LogP contribution in [0.25, 0.3) is 0 Å². The molecule has 0 radical (unpaired) electrons. The molecule has 1 unspecified atom stereocenters. The van der Waals surface area contributed by atoms with Gasteiger partial charge in [0.05, 0.1) is 6.04 Å². The average Bonchev–Trinajstić information content (AvgIpc) is 2.32. The van der Waals surface area contributed by atoms with Gasteiger partial charge >= 0.3 is 0 Å². The minimum absolute atomic E-state index is 0.0299. The lowest BCUT2D eigenvalue weighted by Gasteiger charge is -2.13. The maximum atomic E-state index is 12.1. The summed E-state index contributed by atoms with van der Waals surface area (Å²) in [5.41, 5.74) is 8.80. The third-order valence-electron chi connectivity index (χ3n) is 3.07. The van der Waals surface area contributed by atoms with Gasteiger partial charge in [-0.25, -0.2) is 0 Å².